The molecule has 2 aromatic carbocycles. The zero-order valence-electron chi connectivity index (χ0n) is 41.2. The van der Waals surface area contributed by atoms with Gasteiger partial charge < -0.3 is 69.5 Å². The van der Waals surface area contributed by atoms with Gasteiger partial charge in [0, 0.05) is 26.7 Å². The first-order valence-electron chi connectivity index (χ1n) is 22.1. The number of esters is 8. The molecule has 0 bridgehead atoms. The Morgan fingerprint density at radius 2 is 0.833 bits per heavy atom. The van der Waals surface area contributed by atoms with Crippen LogP contribution in [0.3, 0.4) is 0 Å². The highest BCUT2D eigenvalue weighted by molar-refractivity contribution is 8.93. The van der Waals surface area contributed by atoms with Crippen molar-refractivity contribution in [2.45, 2.75) is 144 Å². The lowest BCUT2D eigenvalue weighted by Gasteiger charge is -2.22. The number of carbonyl (C=O) groups excluding carboxylic acids is 10. The van der Waals surface area contributed by atoms with Crippen molar-refractivity contribution in [1.29, 1.82) is 0 Å². The van der Waals surface area contributed by atoms with Gasteiger partial charge in [0.2, 0.25) is 12.6 Å². The molecule has 0 aliphatic carbocycles. The molecule has 2 aromatic rings. The van der Waals surface area contributed by atoms with Crippen molar-refractivity contribution in [1.82, 2.24) is 10.6 Å². The molecule has 2 aliphatic rings. The molecule has 26 heteroatoms. The number of halogens is 2. The second kappa shape index (κ2) is 29.8. The summed E-state index contributed by atoms with van der Waals surface area (Å²) in [5, 5.41) is 4.78. The fraction of sp³-hybridized carbons (Fsp3) is 0.522. The summed E-state index contributed by atoms with van der Waals surface area (Å²) in [5.74, 6) is -6.59. The summed E-state index contributed by atoms with van der Waals surface area (Å²) in [6, 6.07) is 3.86. The standard InChI is InChI=1S/2C23H30N2O10.2BrH/c1-11(2)20(27)32-13(5)33-23(30)25-16(22(29)31-12(3)4)8-14-6-7-17-18(9-14)34-19(26)10-15(24)21(28)35-17;1-11(2)20(27)32-13(5)33-23(30)25-16(22(29)31-12(3)4)8-14-6-7-17-18(9-14)35-21(28)15(24)10-19(26)34-17;;/h2*6-7,9,11-13,15-16H,8,10,24H2,1-5H3,(H,25,30);2*1H/t2*13?,15?,16-;;/m00../s1. The fourth-order valence-corrected chi connectivity index (χ4v) is 5.70. The van der Waals surface area contributed by atoms with Crippen LogP contribution in [0.1, 0.15) is 93.2 Å². The quantitative estimate of drug-likeness (QED) is 0.0802. The summed E-state index contributed by atoms with van der Waals surface area (Å²) < 4.78 is 51.2. The van der Waals surface area contributed by atoms with E-state index in [1.807, 2.05) is 0 Å². The molecule has 400 valence electrons. The predicted molar refractivity (Wildman–Crippen MR) is 259 cm³/mol. The molecule has 2 amide bonds. The Morgan fingerprint density at radius 3 is 1.19 bits per heavy atom. The van der Waals surface area contributed by atoms with E-state index < -0.39 is 121 Å². The lowest BCUT2D eigenvalue weighted by molar-refractivity contribution is -0.170. The lowest BCUT2D eigenvalue weighted by atomic mass is 10.0. The minimum absolute atomic E-state index is 0. The molecule has 2 heterocycles. The SMILES string of the molecule is Br.Br.CC(C)OC(=O)[C@H](Cc1ccc2c(c1)OC(=O)C(N)CC(=O)O2)NC(=O)OC(C)OC(=O)C(C)C.CC(C)OC(=O)[C@H](Cc1ccc2c(c1)OC(=O)CC(N)C(=O)O2)NC(=O)OC(C)OC(=O)C(C)C. The maximum Gasteiger partial charge on any atom is 0.410 e. The van der Waals surface area contributed by atoms with Gasteiger partial charge in [0.15, 0.2) is 23.0 Å². The molecule has 0 saturated heterocycles. The number of carbonyl (C=O) groups is 10. The number of fused-ring (bicyclic) bond motifs is 2. The van der Waals surface area contributed by atoms with Crippen LogP contribution in [0.4, 0.5) is 9.59 Å². The number of alkyl carbamates (subject to hydrolysis) is 2. The van der Waals surface area contributed by atoms with Gasteiger partial charge in [-0.05, 0) is 63.1 Å². The topological polar surface area (TPSA) is 339 Å². The van der Waals surface area contributed by atoms with Gasteiger partial charge in [0.05, 0.1) is 36.9 Å². The largest absolute Gasteiger partial charge is 0.461 e. The Hall–Kier alpha value is -6.38. The highest BCUT2D eigenvalue weighted by atomic mass is 79.9. The van der Waals surface area contributed by atoms with E-state index in [1.165, 1.54) is 50.2 Å². The molecule has 6 N–H and O–H groups in total. The Kier molecular flexibility index (Phi) is 26.4. The fourth-order valence-electron chi connectivity index (χ4n) is 5.70. The maximum atomic E-state index is 12.6. The number of hydrogen-bond acceptors (Lipinski definition) is 22. The van der Waals surface area contributed by atoms with Crippen LogP contribution in [0, 0.1) is 11.8 Å². The van der Waals surface area contributed by atoms with E-state index in [9.17, 15) is 47.9 Å². The summed E-state index contributed by atoms with van der Waals surface area (Å²) in [6.07, 6.45) is -6.22. The minimum atomic E-state index is -1.20. The van der Waals surface area contributed by atoms with E-state index in [1.54, 1.807) is 55.4 Å². The van der Waals surface area contributed by atoms with Crippen LogP contribution in [-0.4, -0.2) is 109 Å². The lowest BCUT2D eigenvalue weighted by Crippen LogP contribution is -2.45. The van der Waals surface area contributed by atoms with Crippen LogP contribution in [0.5, 0.6) is 23.0 Å². The third-order valence-electron chi connectivity index (χ3n) is 9.05. The van der Waals surface area contributed by atoms with Gasteiger partial charge in [-0.3, -0.25) is 19.2 Å². The average molecular weight is 1150 g/mol. The highest BCUT2D eigenvalue weighted by Gasteiger charge is 2.32. The number of amides is 2. The summed E-state index contributed by atoms with van der Waals surface area (Å²) in [7, 11) is 0. The van der Waals surface area contributed by atoms with Crippen LogP contribution in [0.2, 0.25) is 0 Å². The second-order valence-electron chi connectivity index (χ2n) is 16.9. The van der Waals surface area contributed by atoms with Crippen molar-refractivity contribution in [3.05, 3.63) is 47.5 Å². The first-order valence-corrected chi connectivity index (χ1v) is 22.1. The molecule has 6 atom stereocenters. The third-order valence-corrected chi connectivity index (χ3v) is 9.05. The van der Waals surface area contributed by atoms with Gasteiger partial charge in [-0.2, -0.15) is 0 Å². The van der Waals surface area contributed by atoms with Crippen molar-refractivity contribution in [2.75, 3.05) is 0 Å². The van der Waals surface area contributed by atoms with E-state index in [-0.39, 0.29) is 82.6 Å². The van der Waals surface area contributed by atoms with Crippen LogP contribution in [0.25, 0.3) is 0 Å². The van der Waals surface area contributed by atoms with Crippen molar-refractivity contribution < 1.29 is 95.3 Å². The van der Waals surface area contributed by atoms with Gasteiger partial charge in [-0.25, -0.2) is 28.8 Å². The van der Waals surface area contributed by atoms with Crippen LogP contribution in [-0.2, 0) is 79.6 Å². The van der Waals surface area contributed by atoms with Crippen molar-refractivity contribution in [3.8, 4) is 23.0 Å². The van der Waals surface area contributed by atoms with Crippen LogP contribution < -0.4 is 41.0 Å². The van der Waals surface area contributed by atoms with Gasteiger partial charge >= 0.3 is 59.9 Å². The molecule has 0 fully saturated rings. The Labute approximate surface area is 435 Å². The average Bonchev–Trinajstić information content (AvgIpc) is 3.23. The zero-order valence-corrected chi connectivity index (χ0v) is 44.6. The molecule has 4 rings (SSSR count). The van der Waals surface area contributed by atoms with Crippen LogP contribution in [0.15, 0.2) is 36.4 Å². The molecule has 0 saturated carbocycles. The van der Waals surface area contributed by atoms with E-state index in [2.05, 4.69) is 10.6 Å². The van der Waals surface area contributed by atoms with Crippen LogP contribution >= 0.6 is 34.0 Å². The summed E-state index contributed by atoms with van der Waals surface area (Å²) in [4.78, 5) is 121. The molecule has 4 unspecified atom stereocenters. The highest BCUT2D eigenvalue weighted by Crippen LogP contribution is 2.32. The number of nitrogens with two attached hydrogens (primary N) is 2. The molecule has 0 spiro atoms. The van der Waals surface area contributed by atoms with Crippen molar-refractivity contribution in [2.24, 2.45) is 23.3 Å². The Balaban J connectivity index is 0.000000701. The molecule has 0 radical (unpaired) electrons. The Morgan fingerprint density at radius 1 is 0.500 bits per heavy atom. The summed E-state index contributed by atoms with van der Waals surface area (Å²) >= 11 is 0. The van der Waals surface area contributed by atoms with E-state index in [0.29, 0.717) is 11.1 Å². The molecule has 0 aromatic heterocycles. The normalized spacial score (nSPS) is 16.7. The number of ether oxygens (including phenoxy) is 10. The van der Waals surface area contributed by atoms with Crippen molar-refractivity contribution in [3.63, 3.8) is 0 Å². The monoisotopic (exact) mass is 1150 g/mol. The summed E-state index contributed by atoms with van der Waals surface area (Å²) in [6.45, 7) is 15.8. The molecule has 24 nitrogen and oxygen atoms in total. The number of benzene rings is 2. The smallest absolute Gasteiger partial charge is 0.410 e. The molecule has 72 heavy (non-hydrogen) atoms. The predicted octanol–water partition coefficient (Wildman–Crippen LogP) is 3.88. The third kappa shape index (κ3) is 21.5. The molecule has 2 aliphatic heterocycles. The minimum Gasteiger partial charge on any atom is -0.461 e. The van der Waals surface area contributed by atoms with Gasteiger partial charge in [-0.15, -0.1) is 34.0 Å². The van der Waals surface area contributed by atoms with Crippen molar-refractivity contribution >= 4 is 93.9 Å². The molecular formula is C46H62Br2N4O20. The van der Waals surface area contributed by atoms with Gasteiger partial charge in [-0.1, -0.05) is 39.8 Å². The molecular weight excluding hydrogens is 1090 g/mol. The first-order chi connectivity index (χ1) is 32.7. The second-order valence-corrected chi connectivity index (χ2v) is 16.9. The van der Waals surface area contributed by atoms with E-state index in [4.69, 9.17) is 58.8 Å². The van der Waals surface area contributed by atoms with E-state index >= 15 is 0 Å². The van der Waals surface area contributed by atoms with E-state index in [0.717, 1.165) is 0 Å². The summed E-state index contributed by atoms with van der Waals surface area (Å²) in [5.41, 5.74) is 12.1. The zero-order chi connectivity index (χ0) is 52.6. The first kappa shape index (κ1) is 63.6. The Bertz CT molecular complexity index is 2270. The number of hydrogen-bond donors (Lipinski definition) is 4. The van der Waals surface area contributed by atoms with Gasteiger partial charge in [0.1, 0.15) is 24.2 Å². The van der Waals surface area contributed by atoms with Gasteiger partial charge in [0.25, 0.3) is 0 Å². The number of nitrogens with one attached hydrogen (secondary N) is 2. The maximum absolute atomic E-state index is 12.6. The number of rotatable bonds is 16.